The fourth-order valence-corrected chi connectivity index (χ4v) is 4.25. The van der Waals surface area contributed by atoms with Gasteiger partial charge in [-0.05, 0) is 38.0 Å². The number of aliphatic hydroxyl groups excluding tert-OH is 1. The second-order valence-corrected chi connectivity index (χ2v) is 8.00. The number of aryl methyl sites for hydroxylation is 2. The van der Waals surface area contributed by atoms with Crippen LogP contribution in [0, 0.1) is 13.8 Å². The van der Waals surface area contributed by atoms with Gasteiger partial charge in [0.1, 0.15) is 11.6 Å². The van der Waals surface area contributed by atoms with Crippen LogP contribution in [0.3, 0.4) is 0 Å². The van der Waals surface area contributed by atoms with Gasteiger partial charge in [0, 0.05) is 44.8 Å². The molecule has 32 heavy (non-hydrogen) atoms. The van der Waals surface area contributed by atoms with Crippen molar-refractivity contribution in [2.75, 3.05) is 39.4 Å². The molecule has 2 saturated heterocycles. The minimum atomic E-state index is -0.698. The van der Waals surface area contributed by atoms with E-state index >= 15 is 0 Å². The predicted molar refractivity (Wildman–Crippen MR) is 117 cm³/mol. The average molecular weight is 438 g/mol. The van der Waals surface area contributed by atoms with Crippen molar-refractivity contribution in [1.82, 2.24) is 24.8 Å². The molecule has 2 aliphatic heterocycles. The largest absolute Gasteiger partial charge is 0.507 e. The molecule has 2 aromatic rings. The maximum absolute atomic E-state index is 13.1. The number of carbonyl (C=O) groups is 2. The van der Waals surface area contributed by atoms with Crippen LogP contribution >= 0.6 is 0 Å². The van der Waals surface area contributed by atoms with Crippen molar-refractivity contribution in [2.24, 2.45) is 0 Å². The number of hydrogen-bond acceptors (Lipinski definition) is 8. The Kier molecular flexibility index (Phi) is 6.57. The van der Waals surface area contributed by atoms with E-state index in [1.807, 2.05) is 0 Å². The van der Waals surface area contributed by atoms with E-state index in [1.54, 1.807) is 43.3 Å². The summed E-state index contributed by atoms with van der Waals surface area (Å²) in [4.78, 5) is 42.4. The van der Waals surface area contributed by atoms with Crippen LogP contribution in [-0.2, 0) is 14.3 Å². The fourth-order valence-electron chi connectivity index (χ4n) is 4.25. The highest BCUT2D eigenvalue weighted by atomic mass is 16.5. The summed E-state index contributed by atoms with van der Waals surface area (Å²) in [6, 6.07) is 2.83. The summed E-state index contributed by atoms with van der Waals surface area (Å²) in [5, 5.41) is 11.1. The lowest BCUT2D eigenvalue weighted by atomic mass is 9.96. The van der Waals surface area contributed by atoms with Crippen LogP contribution in [0.25, 0.3) is 5.76 Å². The van der Waals surface area contributed by atoms with Gasteiger partial charge in [-0.15, -0.1) is 0 Å². The number of pyridine rings is 1. The normalized spacial score (nSPS) is 21.3. The molecule has 1 amide bonds. The van der Waals surface area contributed by atoms with Gasteiger partial charge in [0.15, 0.2) is 0 Å². The van der Waals surface area contributed by atoms with Gasteiger partial charge in [0.05, 0.1) is 36.1 Å². The van der Waals surface area contributed by atoms with E-state index < -0.39 is 17.7 Å². The molecule has 0 unspecified atom stereocenters. The van der Waals surface area contributed by atoms with E-state index in [0.29, 0.717) is 43.3 Å². The van der Waals surface area contributed by atoms with E-state index in [2.05, 4.69) is 19.9 Å². The number of ether oxygens (including phenoxy) is 1. The molecule has 1 atom stereocenters. The van der Waals surface area contributed by atoms with Gasteiger partial charge in [-0.2, -0.15) is 0 Å². The van der Waals surface area contributed by atoms with Crippen LogP contribution in [0.1, 0.15) is 35.1 Å². The first kappa shape index (κ1) is 22.0. The molecular weight excluding hydrogens is 410 g/mol. The number of amides is 1. The van der Waals surface area contributed by atoms with Crippen LogP contribution < -0.4 is 0 Å². The van der Waals surface area contributed by atoms with Crippen molar-refractivity contribution in [3.8, 4) is 0 Å². The highest BCUT2D eigenvalue weighted by molar-refractivity contribution is 6.46. The number of nitrogens with zero attached hydrogens (tertiary/aromatic N) is 5. The van der Waals surface area contributed by atoms with Gasteiger partial charge < -0.3 is 14.7 Å². The van der Waals surface area contributed by atoms with Crippen molar-refractivity contribution in [3.63, 3.8) is 0 Å². The third-order valence-corrected chi connectivity index (χ3v) is 5.89. The number of Topliss-reactive ketones (excluding diaryl/α,β-unsaturated/α-hetero) is 1. The Morgan fingerprint density at radius 1 is 1.16 bits per heavy atom. The van der Waals surface area contributed by atoms with E-state index in [0.717, 1.165) is 25.2 Å². The minimum Gasteiger partial charge on any atom is -0.507 e. The van der Waals surface area contributed by atoms with Gasteiger partial charge >= 0.3 is 0 Å². The predicted octanol–water partition coefficient (Wildman–Crippen LogP) is 1.63. The number of aliphatic hydroxyl groups is 1. The lowest BCUT2D eigenvalue weighted by Gasteiger charge is -2.29. The molecule has 0 aromatic carbocycles. The number of carbonyl (C=O) groups excluding carboxylic acids is 2. The van der Waals surface area contributed by atoms with Crippen molar-refractivity contribution in [2.45, 2.75) is 26.3 Å². The number of hydrogen-bond donors (Lipinski definition) is 1. The van der Waals surface area contributed by atoms with Crippen LogP contribution in [0.4, 0.5) is 0 Å². The molecule has 1 N–H and O–H groups in total. The Bertz CT molecular complexity index is 1030. The Balaban J connectivity index is 1.67. The molecule has 168 valence electrons. The first-order valence-corrected chi connectivity index (χ1v) is 10.8. The third kappa shape index (κ3) is 4.39. The van der Waals surface area contributed by atoms with Crippen molar-refractivity contribution >= 4 is 17.4 Å². The molecule has 9 heteroatoms. The molecule has 4 heterocycles. The molecular formula is C23H27N5O4. The molecule has 9 nitrogen and oxygen atoms in total. The van der Waals surface area contributed by atoms with Gasteiger partial charge in [-0.3, -0.25) is 19.5 Å². The molecule has 0 radical (unpaired) electrons. The number of rotatable bonds is 6. The van der Waals surface area contributed by atoms with Crippen LogP contribution in [0.5, 0.6) is 0 Å². The Labute approximate surface area is 186 Å². The van der Waals surface area contributed by atoms with Crippen molar-refractivity contribution in [1.29, 1.82) is 0 Å². The quantitative estimate of drug-likeness (QED) is 0.413. The fraction of sp³-hybridized carbons (Fsp3) is 0.435. The first-order valence-electron chi connectivity index (χ1n) is 10.8. The topological polar surface area (TPSA) is 109 Å². The second-order valence-electron chi connectivity index (χ2n) is 8.00. The maximum Gasteiger partial charge on any atom is 0.295 e. The molecule has 0 aliphatic carbocycles. The molecule has 4 rings (SSSR count). The van der Waals surface area contributed by atoms with Gasteiger partial charge in [0.25, 0.3) is 11.7 Å². The molecule has 0 spiro atoms. The van der Waals surface area contributed by atoms with Gasteiger partial charge in [-0.1, -0.05) is 0 Å². The first-order chi connectivity index (χ1) is 15.5. The summed E-state index contributed by atoms with van der Waals surface area (Å²) >= 11 is 0. The standard InChI is InChI=1S/C23H27N5O4/c1-15-18(14-25-16(2)26-15)21(29)19-20(17-4-6-24-7-5-17)28(23(31)22(19)30)9-3-8-27-10-12-32-13-11-27/h4-7,14,20,29H,3,8-13H2,1-2H3/t20-/m0/s1. The summed E-state index contributed by atoms with van der Waals surface area (Å²) in [5.74, 6) is -0.997. The van der Waals surface area contributed by atoms with E-state index in [1.165, 1.54) is 6.20 Å². The lowest BCUT2D eigenvalue weighted by molar-refractivity contribution is -0.140. The summed E-state index contributed by atoms with van der Waals surface area (Å²) in [6.07, 6.45) is 5.43. The van der Waals surface area contributed by atoms with Crippen LogP contribution in [0.2, 0.25) is 0 Å². The van der Waals surface area contributed by atoms with E-state index in [-0.39, 0.29) is 11.3 Å². The minimum absolute atomic E-state index is 0.0584. The SMILES string of the molecule is Cc1ncc(C(O)=C2C(=O)C(=O)N(CCCN3CCOCC3)[C@H]2c2ccncc2)c(C)n1. The van der Waals surface area contributed by atoms with Crippen LogP contribution in [-0.4, -0.2) is 80.9 Å². The molecule has 0 bridgehead atoms. The van der Waals surface area contributed by atoms with E-state index in [9.17, 15) is 14.7 Å². The Morgan fingerprint density at radius 3 is 2.56 bits per heavy atom. The highest BCUT2D eigenvalue weighted by Crippen LogP contribution is 2.39. The summed E-state index contributed by atoms with van der Waals surface area (Å²) < 4.78 is 5.38. The third-order valence-electron chi connectivity index (χ3n) is 5.89. The zero-order valence-corrected chi connectivity index (χ0v) is 18.3. The molecule has 2 fully saturated rings. The lowest BCUT2D eigenvalue weighted by Crippen LogP contribution is -2.38. The number of morpholine rings is 1. The maximum atomic E-state index is 13.1. The van der Waals surface area contributed by atoms with Crippen LogP contribution in [0.15, 0.2) is 36.3 Å². The van der Waals surface area contributed by atoms with Crippen molar-refractivity contribution in [3.05, 3.63) is 58.9 Å². The smallest absolute Gasteiger partial charge is 0.295 e. The number of ketones is 1. The Hall–Kier alpha value is -3.17. The van der Waals surface area contributed by atoms with Gasteiger partial charge in [0.2, 0.25) is 0 Å². The summed E-state index contributed by atoms with van der Waals surface area (Å²) in [5.41, 5.74) is 1.67. The monoisotopic (exact) mass is 437 g/mol. The number of aromatic nitrogens is 3. The highest BCUT2D eigenvalue weighted by Gasteiger charge is 2.46. The zero-order valence-electron chi connectivity index (χ0n) is 18.3. The van der Waals surface area contributed by atoms with Gasteiger partial charge in [-0.25, -0.2) is 9.97 Å². The summed E-state index contributed by atoms with van der Waals surface area (Å²) in [7, 11) is 0. The average Bonchev–Trinajstić information content (AvgIpc) is 3.05. The second kappa shape index (κ2) is 9.54. The molecule has 2 aliphatic rings. The zero-order chi connectivity index (χ0) is 22.7. The number of likely N-dealkylation sites (tertiary alicyclic amines) is 1. The Morgan fingerprint density at radius 2 is 1.88 bits per heavy atom. The van der Waals surface area contributed by atoms with Crippen molar-refractivity contribution < 1.29 is 19.4 Å². The molecule has 2 aromatic heterocycles. The van der Waals surface area contributed by atoms with E-state index in [4.69, 9.17) is 4.74 Å². The molecule has 0 saturated carbocycles. The summed E-state index contributed by atoms with van der Waals surface area (Å²) in [6.45, 7) is 7.83.